The molecular formula is C13H11ClN2O2. The van der Waals surface area contributed by atoms with Crippen molar-refractivity contribution in [1.82, 2.24) is 10.2 Å². The zero-order valence-electron chi connectivity index (χ0n) is 9.76. The molecule has 92 valence electrons. The number of halogens is 1. The molecule has 0 bridgehead atoms. The van der Waals surface area contributed by atoms with Gasteiger partial charge >= 0.3 is 0 Å². The zero-order chi connectivity index (χ0) is 13.0. The Bertz CT molecular complexity index is 555. The summed E-state index contributed by atoms with van der Waals surface area (Å²) in [5.41, 5.74) is 1.17. The molecule has 0 atom stereocenters. The van der Waals surface area contributed by atoms with Gasteiger partial charge in [0.2, 0.25) is 5.88 Å². The normalized spacial score (nSPS) is 10.1. The van der Waals surface area contributed by atoms with Gasteiger partial charge in [-0.25, -0.2) is 0 Å². The third-order valence-corrected chi connectivity index (χ3v) is 2.62. The lowest BCUT2D eigenvalue weighted by Crippen LogP contribution is -2.07. The van der Waals surface area contributed by atoms with Crippen LogP contribution < -0.4 is 4.74 Å². The molecule has 0 aliphatic heterocycles. The zero-order valence-corrected chi connectivity index (χ0v) is 10.5. The average molecular weight is 263 g/mol. The van der Waals surface area contributed by atoms with E-state index in [2.05, 4.69) is 10.2 Å². The Balaban J connectivity index is 2.11. The van der Waals surface area contributed by atoms with Crippen LogP contribution in [0.4, 0.5) is 0 Å². The van der Waals surface area contributed by atoms with Crippen molar-refractivity contribution < 1.29 is 9.53 Å². The summed E-state index contributed by atoms with van der Waals surface area (Å²) in [6, 6.07) is 10.4. The molecule has 5 heteroatoms. The molecule has 0 amide bonds. The number of methoxy groups -OCH3 is 1. The fourth-order valence-electron chi connectivity index (χ4n) is 1.50. The monoisotopic (exact) mass is 262 g/mol. The molecule has 0 radical (unpaired) electrons. The molecule has 0 spiro atoms. The van der Waals surface area contributed by atoms with Crippen LogP contribution in [0.3, 0.4) is 0 Å². The number of carbonyl (C=O) groups is 1. The topological polar surface area (TPSA) is 52.1 Å². The van der Waals surface area contributed by atoms with Crippen molar-refractivity contribution >= 4 is 17.4 Å². The molecule has 1 aromatic carbocycles. The first kappa shape index (κ1) is 12.5. The Morgan fingerprint density at radius 1 is 1.28 bits per heavy atom. The van der Waals surface area contributed by atoms with E-state index < -0.39 is 0 Å². The van der Waals surface area contributed by atoms with Crippen molar-refractivity contribution in [2.24, 2.45) is 0 Å². The summed E-state index contributed by atoms with van der Waals surface area (Å²) in [7, 11) is 1.50. The van der Waals surface area contributed by atoms with E-state index >= 15 is 0 Å². The Hall–Kier alpha value is -1.94. The molecule has 0 aliphatic rings. The van der Waals surface area contributed by atoms with E-state index in [1.54, 1.807) is 24.3 Å². The number of carbonyl (C=O) groups excluding carboxylic acids is 1. The summed E-state index contributed by atoms with van der Waals surface area (Å²) in [5, 5.41) is 8.18. The van der Waals surface area contributed by atoms with Gasteiger partial charge in [-0.2, -0.15) is 0 Å². The maximum Gasteiger partial charge on any atom is 0.233 e. The van der Waals surface area contributed by atoms with Gasteiger partial charge in [0.05, 0.1) is 7.11 Å². The quantitative estimate of drug-likeness (QED) is 0.795. The largest absolute Gasteiger partial charge is 0.480 e. The smallest absolute Gasteiger partial charge is 0.233 e. The first-order valence-electron chi connectivity index (χ1n) is 5.34. The molecule has 4 nitrogen and oxygen atoms in total. The Kier molecular flexibility index (Phi) is 3.89. The highest BCUT2D eigenvalue weighted by Crippen LogP contribution is 2.13. The molecule has 0 N–H and O–H groups in total. The second-order valence-corrected chi connectivity index (χ2v) is 4.13. The van der Waals surface area contributed by atoms with Crippen molar-refractivity contribution in [2.45, 2.75) is 6.42 Å². The fourth-order valence-corrected chi connectivity index (χ4v) is 1.71. The minimum absolute atomic E-state index is 0.104. The minimum atomic E-state index is -0.104. The van der Waals surface area contributed by atoms with Crippen molar-refractivity contribution in [1.29, 1.82) is 0 Å². The van der Waals surface area contributed by atoms with E-state index in [0.717, 1.165) is 5.56 Å². The van der Waals surface area contributed by atoms with Crippen LogP contribution in [0, 0.1) is 0 Å². The summed E-state index contributed by atoms with van der Waals surface area (Å²) >= 11 is 5.86. The van der Waals surface area contributed by atoms with Gasteiger partial charge in [0.25, 0.3) is 0 Å². The molecular weight excluding hydrogens is 252 g/mol. The molecule has 0 fully saturated rings. The van der Waals surface area contributed by atoms with Crippen LogP contribution in [0.25, 0.3) is 0 Å². The molecule has 2 rings (SSSR count). The second kappa shape index (κ2) is 5.60. The van der Waals surface area contributed by atoms with Crippen LogP contribution in [-0.2, 0) is 6.42 Å². The lowest BCUT2D eigenvalue weighted by molar-refractivity contribution is 0.0987. The van der Waals surface area contributed by atoms with Crippen molar-refractivity contribution in [3.05, 3.63) is 52.7 Å². The summed E-state index contributed by atoms with van der Waals surface area (Å²) < 4.78 is 4.88. The van der Waals surface area contributed by atoms with Crippen molar-refractivity contribution in [3.8, 4) is 5.88 Å². The lowest BCUT2D eigenvalue weighted by Gasteiger charge is -2.02. The van der Waals surface area contributed by atoms with Gasteiger partial charge in [0, 0.05) is 17.5 Å². The van der Waals surface area contributed by atoms with Crippen molar-refractivity contribution in [2.75, 3.05) is 7.11 Å². The molecule has 0 unspecified atom stereocenters. The van der Waals surface area contributed by atoms with Gasteiger partial charge in [-0.3, -0.25) is 4.79 Å². The van der Waals surface area contributed by atoms with E-state index in [-0.39, 0.29) is 12.2 Å². The van der Waals surface area contributed by atoms with E-state index in [4.69, 9.17) is 16.3 Å². The summed E-state index contributed by atoms with van der Waals surface area (Å²) in [6.07, 6.45) is 0.252. The molecule has 18 heavy (non-hydrogen) atoms. The summed E-state index contributed by atoms with van der Waals surface area (Å²) in [4.78, 5) is 11.9. The number of benzene rings is 1. The Labute approximate surface area is 110 Å². The maximum atomic E-state index is 11.9. The number of hydrogen-bond donors (Lipinski definition) is 0. The van der Waals surface area contributed by atoms with Gasteiger partial charge in [0.1, 0.15) is 5.69 Å². The van der Waals surface area contributed by atoms with Crippen LogP contribution >= 0.6 is 11.6 Å². The molecule has 2 aromatic rings. The number of ketones is 1. The third kappa shape index (κ3) is 3.05. The predicted octanol–water partition coefficient (Wildman–Crippen LogP) is 2.56. The van der Waals surface area contributed by atoms with E-state index in [9.17, 15) is 4.79 Å². The van der Waals surface area contributed by atoms with Crippen LogP contribution in [-0.4, -0.2) is 23.1 Å². The number of hydrogen-bond acceptors (Lipinski definition) is 4. The number of Topliss-reactive ketones (excluding diaryl/α,β-unsaturated/α-hetero) is 1. The van der Waals surface area contributed by atoms with Crippen LogP contribution in [0.15, 0.2) is 36.4 Å². The standard InChI is InChI=1S/C13H11ClN2O2/c1-18-13-6-5-11(15-16-13)12(17)8-9-3-2-4-10(14)7-9/h2-7H,8H2,1H3. The van der Waals surface area contributed by atoms with E-state index in [1.165, 1.54) is 7.11 Å². The number of rotatable bonds is 4. The molecule has 1 aromatic heterocycles. The number of ether oxygens (including phenoxy) is 1. The highest BCUT2D eigenvalue weighted by molar-refractivity contribution is 6.30. The highest BCUT2D eigenvalue weighted by atomic mass is 35.5. The minimum Gasteiger partial charge on any atom is -0.480 e. The van der Waals surface area contributed by atoms with Gasteiger partial charge in [0.15, 0.2) is 5.78 Å². The predicted molar refractivity (Wildman–Crippen MR) is 68.1 cm³/mol. The van der Waals surface area contributed by atoms with E-state index in [0.29, 0.717) is 16.6 Å². The first-order valence-corrected chi connectivity index (χ1v) is 5.72. The third-order valence-electron chi connectivity index (χ3n) is 2.39. The van der Waals surface area contributed by atoms with Gasteiger partial charge in [-0.15, -0.1) is 10.2 Å². The first-order chi connectivity index (χ1) is 8.69. The van der Waals surface area contributed by atoms with Crippen LogP contribution in [0.2, 0.25) is 5.02 Å². The number of aromatic nitrogens is 2. The fraction of sp³-hybridized carbons (Fsp3) is 0.154. The highest BCUT2D eigenvalue weighted by Gasteiger charge is 2.09. The number of nitrogens with zero attached hydrogens (tertiary/aromatic N) is 2. The summed E-state index contributed by atoms with van der Waals surface area (Å²) in [5.74, 6) is 0.279. The van der Waals surface area contributed by atoms with Crippen LogP contribution in [0.1, 0.15) is 16.1 Å². The van der Waals surface area contributed by atoms with Gasteiger partial charge in [-0.1, -0.05) is 23.7 Å². The van der Waals surface area contributed by atoms with Crippen molar-refractivity contribution in [3.63, 3.8) is 0 Å². The summed E-state index contributed by atoms with van der Waals surface area (Å²) in [6.45, 7) is 0. The second-order valence-electron chi connectivity index (χ2n) is 3.69. The Morgan fingerprint density at radius 3 is 2.72 bits per heavy atom. The SMILES string of the molecule is COc1ccc(C(=O)Cc2cccc(Cl)c2)nn1. The van der Waals surface area contributed by atoms with Crippen LogP contribution in [0.5, 0.6) is 5.88 Å². The molecule has 0 aliphatic carbocycles. The Morgan fingerprint density at radius 2 is 2.11 bits per heavy atom. The molecule has 0 saturated carbocycles. The average Bonchev–Trinajstić information content (AvgIpc) is 2.39. The van der Waals surface area contributed by atoms with Gasteiger partial charge < -0.3 is 4.74 Å². The molecule has 0 saturated heterocycles. The van der Waals surface area contributed by atoms with E-state index in [1.807, 2.05) is 12.1 Å². The van der Waals surface area contributed by atoms with Gasteiger partial charge in [-0.05, 0) is 23.8 Å². The lowest BCUT2D eigenvalue weighted by atomic mass is 10.1. The maximum absolute atomic E-state index is 11.9. The molecule has 1 heterocycles.